The molecule has 0 saturated carbocycles. The first kappa shape index (κ1) is 44.0. The number of aryl methyl sites for hydroxylation is 2. The van der Waals surface area contributed by atoms with Gasteiger partial charge in [0, 0.05) is 46.6 Å². The van der Waals surface area contributed by atoms with Crippen LogP contribution in [-0.2, 0) is 50.0 Å². The summed E-state index contributed by atoms with van der Waals surface area (Å²) in [5.41, 5.74) is 5.67. The molecule has 0 atom stereocenters. The fourth-order valence-electron chi connectivity index (χ4n) is 4.27. The van der Waals surface area contributed by atoms with Crippen LogP contribution in [0.4, 0.5) is 0 Å². The first-order valence-electron chi connectivity index (χ1n) is 15.4. The van der Waals surface area contributed by atoms with E-state index in [1.807, 2.05) is 0 Å². The quantitative estimate of drug-likeness (QED) is 0.241. The van der Waals surface area contributed by atoms with Crippen LogP contribution >= 0.6 is 0 Å². The molecule has 0 spiro atoms. The van der Waals surface area contributed by atoms with Crippen LogP contribution in [0.15, 0.2) is 34.3 Å². The maximum absolute atomic E-state index is 10.9. The first-order valence-corrected chi connectivity index (χ1v) is 15.4. The molecule has 9 heteroatoms. The number of hydrogen-bond donors (Lipinski definition) is 2. The van der Waals surface area contributed by atoms with E-state index in [0.29, 0.717) is 24.6 Å². The summed E-state index contributed by atoms with van der Waals surface area (Å²) in [7, 11) is 0. The van der Waals surface area contributed by atoms with E-state index >= 15 is 0 Å². The summed E-state index contributed by atoms with van der Waals surface area (Å²) >= 11 is 0. The van der Waals surface area contributed by atoms with Gasteiger partial charge in [-0.05, 0) is 73.6 Å². The van der Waals surface area contributed by atoms with Crippen molar-refractivity contribution in [2.45, 2.75) is 119 Å². The van der Waals surface area contributed by atoms with E-state index in [0.717, 1.165) is 74.6 Å². The average Bonchev–Trinajstić information content (AvgIpc) is 2.88. The molecular weight excluding hydrogens is 615 g/mol. The molecule has 8 nitrogen and oxygen atoms in total. The van der Waals surface area contributed by atoms with Crippen molar-refractivity contribution in [1.29, 1.82) is 0 Å². The van der Waals surface area contributed by atoms with Gasteiger partial charge < -0.3 is 30.0 Å². The predicted molar refractivity (Wildman–Crippen MR) is 177 cm³/mol. The average molecular weight is 670 g/mol. The van der Waals surface area contributed by atoms with E-state index in [1.165, 1.54) is 11.1 Å². The Kier molecular flexibility index (Phi) is 21.0. The number of aromatic hydroxyl groups is 2. The zero-order valence-corrected chi connectivity index (χ0v) is 29.9. The van der Waals surface area contributed by atoms with E-state index in [4.69, 9.17) is 19.8 Å². The van der Waals surface area contributed by atoms with Crippen molar-refractivity contribution >= 4 is 24.4 Å². The van der Waals surface area contributed by atoms with Crippen LogP contribution in [0.25, 0.3) is 0 Å². The normalized spacial score (nSPS) is 11.3. The first-order chi connectivity index (χ1) is 20.3. The molecule has 0 aliphatic carbocycles. The van der Waals surface area contributed by atoms with Crippen molar-refractivity contribution in [2.75, 3.05) is 13.1 Å². The maximum atomic E-state index is 10.9. The number of benzene rings is 2. The summed E-state index contributed by atoms with van der Waals surface area (Å²) in [5.74, 6) is -1.53. The number of phenols is 2. The molecule has 0 saturated heterocycles. The number of carboxylic acid groups (broad SMARTS) is 2. The minimum Gasteiger partial charge on any atom is -0.550 e. The summed E-state index contributed by atoms with van der Waals surface area (Å²) in [6.07, 6.45) is 10.1. The molecule has 1 radical (unpaired) electrons. The van der Waals surface area contributed by atoms with Crippen molar-refractivity contribution in [3.05, 3.63) is 57.6 Å². The van der Waals surface area contributed by atoms with Crippen LogP contribution in [0.5, 0.6) is 11.5 Å². The Balaban J connectivity index is 0. The molecule has 2 N–H and O–H groups in total. The third-order valence-corrected chi connectivity index (χ3v) is 6.47. The smallest absolute Gasteiger partial charge is 0.550 e. The van der Waals surface area contributed by atoms with Crippen LogP contribution in [0.2, 0.25) is 0 Å². The minimum absolute atomic E-state index is 0. The van der Waals surface area contributed by atoms with Gasteiger partial charge in [-0.25, -0.2) is 0 Å². The fourth-order valence-corrected chi connectivity index (χ4v) is 4.27. The molecule has 0 unspecified atom stereocenters. The van der Waals surface area contributed by atoms with Gasteiger partial charge in [-0.15, -0.1) is 0 Å². The third kappa shape index (κ3) is 18.4. The number of nitrogens with zero attached hydrogens (tertiary/aromatic N) is 2. The van der Waals surface area contributed by atoms with E-state index in [9.17, 15) is 10.2 Å². The van der Waals surface area contributed by atoms with E-state index < -0.39 is 11.9 Å². The van der Waals surface area contributed by atoms with E-state index in [2.05, 4.69) is 89.6 Å². The Morgan fingerprint density at radius 1 is 0.689 bits per heavy atom. The zero-order chi connectivity index (χ0) is 34.1. The van der Waals surface area contributed by atoms with Gasteiger partial charge in [0.1, 0.15) is 11.5 Å². The molecular formula is C36H54CoN2O6. The molecule has 0 aromatic heterocycles. The molecule has 0 fully saturated rings. The summed E-state index contributed by atoms with van der Waals surface area (Å²) in [6, 6.07) is 8.39. The zero-order valence-electron chi connectivity index (χ0n) is 28.9. The number of aliphatic carboxylic acids is 2. The Morgan fingerprint density at radius 3 is 1.22 bits per heavy atom. The summed E-state index contributed by atoms with van der Waals surface area (Å²) < 4.78 is 0. The van der Waals surface area contributed by atoms with Crippen molar-refractivity contribution in [1.82, 2.24) is 0 Å². The number of carbonyl (C=O) groups is 2. The third-order valence-electron chi connectivity index (χ3n) is 6.47. The number of aliphatic imine (C=N–C) groups is 2. The molecule has 2 rings (SSSR count). The summed E-state index contributed by atoms with van der Waals surface area (Å²) in [4.78, 5) is 26.9. The molecule has 0 heterocycles. The maximum Gasteiger partial charge on any atom is 2.00 e. The second-order valence-electron chi connectivity index (χ2n) is 12.9. The number of carbonyl (C=O) groups excluding carboxylic acids is 2. The molecule has 253 valence electrons. The van der Waals surface area contributed by atoms with E-state index in [1.54, 1.807) is 12.4 Å². The second kappa shape index (κ2) is 21.5. The molecule has 2 aromatic rings. The van der Waals surface area contributed by atoms with Crippen molar-refractivity contribution < 1.29 is 46.8 Å². The van der Waals surface area contributed by atoms with Gasteiger partial charge in [-0.1, -0.05) is 80.4 Å². The van der Waals surface area contributed by atoms with Crippen LogP contribution < -0.4 is 10.2 Å². The van der Waals surface area contributed by atoms with Gasteiger partial charge in [0.05, 0.1) is 13.1 Å². The fraction of sp³-hybridized carbons (Fsp3) is 0.556. The number of hydrogen-bond acceptors (Lipinski definition) is 8. The van der Waals surface area contributed by atoms with Crippen LogP contribution in [0.3, 0.4) is 0 Å². The number of rotatable bonds is 11. The molecule has 2 aromatic carbocycles. The number of phenolic OH excluding ortho intramolecular Hbond substituents is 2. The van der Waals surface area contributed by atoms with Gasteiger partial charge >= 0.3 is 16.8 Å². The molecule has 45 heavy (non-hydrogen) atoms. The van der Waals surface area contributed by atoms with Crippen LogP contribution in [0.1, 0.15) is 128 Å². The largest absolute Gasteiger partial charge is 2.00 e. The summed E-state index contributed by atoms with van der Waals surface area (Å²) in [5, 5.41) is 39.6. The van der Waals surface area contributed by atoms with Crippen LogP contribution in [-0.4, -0.2) is 47.7 Å². The van der Waals surface area contributed by atoms with Crippen molar-refractivity contribution in [3.8, 4) is 11.5 Å². The van der Waals surface area contributed by atoms with Gasteiger partial charge in [0.25, 0.3) is 0 Å². The van der Waals surface area contributed by atoms with Crippen molar-refractivity contribution in [2.24, 2.45) is 9.98 Å². The Bertz CT molecular complexity index is 1150. The standard InChI is InChI=1S/C32H48N2O2.2C2H4O2.Co/c1-9-11-13-23-17-25(29(35)27(19-23)31(3,4)5)21-33-15-16-34-22-26-18-24(14-12-10-2)20-28(30(26)36)32(6,7)8;2*1-2(3)4;/h17-22,35-36H,9-16H2,1-8H3;2*1H3,(H,3,4);/q;;;+2/p-2. The van der Waals surface area contributed by atoms with Gasteiger partial charge in [0.2, 0.25) is 0 Å². The molecule has 0 amide bonds. The van der Waals surface area contributed by atoms with Crippen LogP contribution in [0, 0.1) is 0 Å². The van der Waals surface area contributed by atoms with Gasteiger partial charge in [-0.3, -0.25) is 9.98 Å². The SMILES string of the molecule is CC(=O)[O-].CC(=O)[O-].CCCCc1cc(C=NCCN=Cc2cc(CCCC)cc(C(C)(C)C)c2O)c(O)c(C(C)(C)C)c1.[Co+2]. The molecule has 0 aliphatic rings. The van der Waals surface area contributed by atoms with Crippen molar-refractivity contribution in [3.63, 3.8) is 0 Å². The van der Waals surface area contributed by atoms with Gasteiger partial charge in [-0.2, -0.15) is 0 Å². The Hall–Kier alpha value is -3.17. The summed E-state index contributed by atoms with van der Waals surface area (Å²) in [6.45, 7) is 20.1. The molecule has 0 bridgehead atoms. The monoisotopic (exact) mass is 669 g/mol. The number of unbranched alkanes of at least 4 members (excludes halogenated alkanes) is 2. The Labute approximate surface area is 281 Å². The number of carboxylic acids is 2. The van der Waals surface area contributed by atoms with E-state index in [-0.39, 0.29) is 27.6 Å². The predicted octanol–water partition coefficient (Wildman–Crippen LogP) is 5.43. The Morgan fingerprint density at radius 2 is 0.978 bits per heavy atom. The molecule has 0 aliphatic heterocycles. The van der Waals surface area contributed by atoms with Gasteiger partial charge in [0.15, 0.2) is 0 Å². The minimum atomic E-state index is -1.08. The topological polar surface area (TPSA) is 145 Å². The second-order valence-corrected chi connectivity index (χ2v) is 12.9.